The second kappa shape index (κ2) is 7.94. The molecule has 1 N–H and O–H groups in total. The van der Waals surface area contributed by atoms with E-state index in [1.165, 1.54) is 5.56 Å². The number of nitrogens with one attached hydrogen (secondary N) is 1. The fourth-order valence-electron chi connectivity index (χ4n) is 2.16. The number of nitrogens with zero attached hydrogens (tertiary/aromatic N) is 2. The van der Waals surface area contributed by atoms with Crippen LogP contribution >= 0.6 is 11.6 Å². The molecule has 0 unspecified atom stereocenters. The van der Waals surface area contributed by atoms with Gasteiger partial charge in [-0.1, -0.05) is 53.6 Å². The van der Waals surface area contributed by atoms with E-state index in [0.29, 0.717) is 11.6 Å². The largest absolute Gasteiger partial charge is 0.459 e. The van der Waals surface area contributed by atoms with E-state index in [1.54, 1.807) is 12.1 Å². The number of rotatable bonds is 6. The Bertz CT molecular complexity index is 838. The standard InChI is InChI=1S/C19H17ClFN3O/c1-13-2-4-14(5-3-13)10-22-18-17(21)11-23-19(24-18)25-12-15-6-8-16(20)9-7-15/h2-9,11H,10,12H2,1H3,(H,22,23,24). The monoisotopic (exact) mass is 357 g/mol. The Balaban J connectivity index is 1.63. The molecule has 0 aliphatic carbocycles. The third-order valence-electron chi connectivity index (χ3n) is 3.58. The van der Waals surface area contributed by atoms with Crippen molar-refractivity contribution < 1.29 is 9.13 Å². The SMILES string of the molecule is Cc1ccc(CNc2nc(OCc3ccc(Cl)cc3)ncc2F)cc1. The second-order valence-electron chi connectivity index (χ2n) is 5.60. The minimum absolute atomic E-state index is 0.113. The Labute approximate surface area is 150 Å². The zero-order chi connectivity index (χ0) is 17.6. The summed E-state index contributed by atoms with van der Waals surface area (Å²) in [6.45, 7) is 2.76. The molecule has 4 nitrogen and oxygen atoms in total. The molecule has 3 aromatic rings. The number of aromatic nitrogens is 2. The van der Waals surface area contributed by atoms with Gasteiger partial charge in [0.2, 0.25) is 0 Å². The molecule has 0 amide bonds. The minimum atomic E-state index is -0.522. The highest BCUT2D eigenvalue weighted by atomic mass is 35.5. The molecule has 0 saturated carbocycles. The van der Waals surface area contributed by atoms with E-state index in [0.717, 1.165) is 17.3 Å². The van der Waals surface area contributed by atoms with Crippen molar-refractivity contribution in [2.45, 2.75) is 20.1 Å². The van der Waals surface area contributed by atoms with Gasteiger partial charge in [0.25, 0.3) is 0 Å². The fraction of sp³-hybridized carbons (Fsp3) is 0.158. The minimum Gasteiger partial charge on any atom is -0.459 e. The van der Waals surface area contributed by atoms with Crippen LogP contribution in [-0.4, -0.2) is 9.97 Å². The first-order chi connectivity index (χ1) is 12.1. The van der Waals surface area contributed by atoms with E-state index in [4.69, 9.17) is 16.3 Å². The molecule has 1 aromatic heterocycles. The molecule has 0 atom stereocenters. The summed E-state index contributed by atoms with van der Waals surface area (Å²) in [6, 6.07) is 15.4. The zero-order valence-corrected chi connectivity index (χ0v) is 14.4. The van der Waals surface area contributed by atoms with E-state index in [9.17, 15) is 4.39 Å². The van der Waals surface area contributed by atoms with Crippen molar-refractivity contribution in [1.29, 1.82) is 0 Å². The van der Waals surface area contributed by atoms with Gasteiger partial charge in [-0.15, -0.1) is 0 Å². The highest BCUT2D eigenvalue weighted by molar-refractivity contribution is 6.30. The summed E-state index contributed by atoms with van der Waals surface area (Å²) in [7, 11) is 0. The molecule has 2 aromatic carbocycles. The van der Waals surface area contributed by atoms with Gasteiger partial charge in [0.1, 0.15) is 6.61 Å². The van der Waals surface area contributed by atoms with Crippen LogP contribution in [0.3, 0.4) is 0 Å². The lowest BCUT2D eigenvalue weighted by atomic mass is 10.1. The van der Waals surface area contributed by atoms with Crippen LogP contribution in [0, 0.1) is 12.7 Å². The fourth-order valence-corrected chi connectivity index (χ4v) is 2.29. The van der Waals surface area contributed by atoms with E-state index in [-0.39, 0.29) is 18.4 Å². The Kier molecular flexibility index (Phi) is 5.46. The van der Waals surface area contributed by atoms with Crippen molar-refractivity contribution >= 4 is 17.4 Å². The van der Waals surface area contributed by atoms with Crippen LogP contribution in [-0.2, 0) is 13.2 Å². The molecule has 3 rings (SSSR count). The van der Waals surface area contributed by atoms with Crippen molar-refractivity contribution in [2.75, 3.05) is 5.32 Å². The first kappa shape index (κ1) is 17.2. The predicted molar refractivity (Wildman–Crippen MR) is 96.3 cm³/mol. The topological polar surface area (TPSA) is 47.0 Å². The molecule has 0 aliphatic rings. The highest BCUT2D eigenvalue weighted by Gasteiger charge is 2.08. The highest BCUT2D eigenvalue weighted by Crippen LogP contribution is 2.16. The van der Waals surface area contributed by atoms with Gasteiger partial charge in [-0.3, -0.25) is 0 Å². The van der Waals surface area contributed by atoms with Crippen LogP contribution in [0.4, 0.5) is 10.2 Å². The van der Waals surface area contributed by atoms with Crippen LogP contribution in [0.1, 0.15) is 16.7 Å². The summed E-state index contributed by atoms with van der Waals surface area (Å²) in [4.78, 5) is 7.96. The van der Waals surface area contributed by atoms with Gasteiger partial charge in [-0.2, -0.15) is 4.98 Å². The van der Waals surface area contributed by atoms with Crippen LogP contribution < -0.4 is 10.1 Å². The number of ether oxygens (including phenoxy) is 1. The van der Waals surface area contributed by atoms with Crippen molar-refractivity contribution in [3.8, 4) is 6.01 Å². The van der Waals surface area contributed by atoms with Gasteiger partial charge in [0.05, 0.1) is 6.20 Å². The Morgan fingerprint density at radius 2 is 1.72 bits per heavy atom. The average Bonchev–Trinajstić information content (AvgIpc) is 2.62. The number of aryl methyl sites for hydroxylation is 1. The van der Waals surface area contributed by atoms with E-state index in [2.05, 4.69) is 15.3 Å². The number of hydrogen-bond acceptors (Lipinski definition) is 4. The predicted octanol–water partition coefficient (Wildman–Crippen LogP) is 4.77. The molecule has 0 fully saturated rings. The van der Waals surface area contributed by atoms with Crippen LogP contribution in [0.15, 0.2) is 54.7 Å². The molecular formula is C19H17ClFN3O. The first-order valence-electron chi connectivity index (χ1n) is 7.79. The molecule has 0 saturated heterocycles. The first-order valence-corrected chi connectivity index (χ1v) is 8.17. The van der Waals surface area contributed by atoms with Crippen molar-refractivity contribution in [3.63, 3.8) is 0 Å². The zero-order valence-electron chi connectivity index (χ0n) is 13.7. The van der Waals surface area contributed by atoms with E-state index >= 15 is 0 Å². The summed E-state index contributed by atoms with van der Waals surface area (Å²) in [5, 5.41) is 3.63. The van der Waals surface area contributed by atoms with Crippen molar-refractivity contribution in [3.05, 3.63) is 82.3 Å². The van der Waals surface area contributed by atoms with Crippen LogP contribution in [0.25, 0.3) is 0 Å². The number of hydrogen-bond donors (Lipinski definition) is 1. The molecule has 0 spiro atoms. The summed E-state index contributed by atoms with van der Waals surface area (Å²) in [5.74, 6) is -0.410. The molecule has 0 radical (unpaired) electrons. The molecule has 25 heavy (non-hydrogen) atoms. The Morgan fingerprint density at radius 3 is 2.44 bits per heavy atom. The summed E-state index contributed by atoms with van der Waals surface area (Å²) in [5.41, 5.74) is 3.13. The van der Waals surface area contributed by atoms with Gasteiger partial charge in [0, 0.05) is 11.6 Å². The van der Waals surface area contributed by atoms with Gasteiger partial charge >= 0.3 is 6.01 Å². The maximum Gasteiger partial charge on any atom is 0.318 e. The van der Waals surface area contributed by atoms with E-state index in [1.807, 2.05) is 43.3 Å². The molecule has 1 heterocycles. The number of anilines is 1. The van der Waals surface area contributed by atoms with Gasteiger partial charge in [0.15, 0.2) is 11.6 Å². The molecule has 6 heteroatoms. The Hall–Kier alpha value is -2.66. The normalized spacial score (nSPS) is 10.5. The van der Waals surface area contributed by atoms with E-state index < -0.39 is 5.82 Å². The third-order valence-corrected chi connectivity index (χ3v) is 3.84. The summed E-state index contributed by atoms with van der Waals surface area (Å²) < 4.78 is 19.4. The average molecular weight is 358 g/mol. The van der Waals surface area contributed by atoms with Gasteiger partial charge < -0.3 is 10.1 Å². The second-order valence-corrected chi connectivity index (χ2v) is 6.04. The van der Waals surface area contributed by atoms with Crippen LogP contribution in [0.5, 0.6) is 6.01 Å². The maximum atomic E-state index is 13.9. The lowest BCUT2D eigenvalue weighted by Crippen LogP contribution is -2.07. The number of benzene rings is 2. The lowest BCUT2D eigenvalue weighted by Gasteiger charge is -2.09. The molecule has 128 valence electrons. The smallest absolute Gasteiger partial charge is 0.318 e. The molecule has 0 aliphatic heterocycles. The van der Waals surface area contributed by atoms with Crippen molar-refractivity contribution in [2.24, 2.45) is 0 Å². The number of halogens is 2. The van der Waals surface area contributed by atoms with Gasteiger partial charge in [-0.25, -0.2) is 9.37 Å². The summed E-state index contributed by atoms with van der Waals surface area (Å²) in [6.07, 6.45) is 1.10. The molecular weight excluding hydrogens is 341 g/mol. The quantitative estimate of drug-likeness (QED) is 0.690. The maximum absolute atomic E-state index is 13.9. The van der Waals surface area contributed by atoms with Crippen molar-refractivity contribution in [1.82, 2.24) is 9.97 Å². The lowest BCUT2D eigenvalue weighted by molar-refractivity contribution is 0.280. The Morgan fingerprint density at radius 1 is 1.04 bits per heavy atom. The van der Waals surface area contributed by atoms with Gasteiger partial charge in [-0.05, 0) is 30.2 Å². The third kappa shape index (κ3) is 4.90. The molecule has 0 bridgehead atoms. The van der Waals surface area contributed by atoms with Crippen LogP contribution in [0.2, 0.25) is 5.02 Å². The summed E-state index contributed by atoms with van der Waals surface area (Å²) >= 11 is 5.85.